The van der Waals surface area contributed by atoms with Crippen LogP contribution in [0.3, 0.4) is 0 Å². The minimum absolute atomic E-state index is 0.0722. The molecule has 3 heteroatoms. The highest BCUT2D eigenvalue weighted by Gasteiger charge is 2.37. The average Bonchev–Trinajstić information content (AvgIpc) is 2.67. The van der Waals surface area contributed by atoms with E-state index in [1.807, 2.05) is 0 Å². The highest BCUT2D eigenvalue weighted by Crippen LogP contribution is 2.39. The molecule has 0 bridgehead atoms. The van der Waals surface area contributed by atoms with E-state index < -0.39 is 0 Å². The lowest BCUT2D eigenvalue weighted by molar-refractivity contribution is -0.121. The molecule has 1 saturated carbocycles. The second kappa shape index (κ2) is 5.99. The van der Waals surface area contributed by atoms with Crippen molar-refractivity contribution in [2.45, 2.75) is 51.9 Å². The Bertz CT molecular complexity index is 333. The molecule has 0 radical (unpaired) electrons. The fraction of sp³-hybridized carbons (Fsp3) is 0.714. The third kappa shape index (κ3) is 3.18. The number of hydrazone groups is 1. The van der Waals surface area contributed by atoms with Crippen LogP contribution >= 0.6 is 0 Å². The normalized spacial score (nSPS) is 27.9. The lowest BCUT2D eigenvalue weighted by Crippen LogP contribution is -2.35. The van der Waals surface area contributed by atoms with E-state index in [4.69, 9.17) is 0 Å². The van der Waals surface area contributed by atoms with E-state index in [0.29, 0.717) is 18.3 Å². The van der Waals surface area contributed by atoms with Gasteiger partial charge in [0.2, 0.25) is 5.91 Å². The summed E-state index contributed by atoms with van der Waals surface area (Å²) < 4.78 is 0. The van der Waals surface area contributed by atoms with E-state index in [0.717, 1.165) is 25.7 Å². The zero-order valence-corrected chi connectivity index (χ0v) is 10.6. The van der Waals surface area contributed by atoms with Gasteiger partial charge in [0.1, 0.15) is 0 Å². The van der Waals surface area contributed by atoms with Crippen LogP contribution in [-0.4, -0.2) is 11.6 Å². The Hall–Kier alpha value is -1.12. The molecule has 2 atom stereocenters. The van der Waals surface area contributed by atoms with Gasteiger partial charge in [-0.2, -0.15) is 5.10 Å². The average molecular weight is 234 g/mol. The number of allylic oxidation sites excluding steroid dienone is 2. The van der Waals surface area contributed by atoms with Crippen molar-refractivity contribution in [3.05, 3.63) is 12.2 Å². The summed E-state index contributed by atoms with van der Waals surface area (Å²) >= 11 is 0. The lowest BCUT2D eigenvalue weighted by Gasteiger charge is -2.31. The standard InChI is InChI=1S/C14H22N2O/c1-2-3-4-5-9-14(17)16-15-13-10-11-7-6-8-12(11)13/h6-7,11-12H,2-5,8-10H2,1H3,(H,16,17)/b15-13-. The lowest BCUT2D eigenvalue weighted by atomic mass is 9.74. The van der Waals surface area contributed by atoms with Gasteiger partial charge in [0.05, 0.1) is 0 Å². The van der Waals surface area contributed by atoms with Gasteiger partial charge in [0.15, 0.2) is 0 Å². The Kier molecular flexibility index (Phi) is 4.35. The van der Waals surface area contributed by atoms with E-state index in [2.05, 4.69) is 29.6 Å². The van der Waals surface area contributed by atoms with E-state index in [1.165, 1.54) is 18.6 Å². The second-order valence-corrected chi connectivity index (χ2v) is 5.09. The fourth-order valence-corrected chi connectivity index (χ4v) is 2.57. The minimum atomic E-state index is 0.0722. The van der Waals surface area contributed by atoms with Gasteiger partial charge in [-0.05, 0) is 25.2 Å². The summed E-state index contributed by atoms with van der Waals surface area (Å²) in [6.07, 6.45) is 11.8. The number of amides is 1. The number of rotatable bonds is 6. The molecule has 2 aliphatic rings. The van der Waals surface area contributed by atoms with Crippen molar-refractivity contribution in [3.8, 4) is 0 Å². The van der Waals surface area contributed by atoms with Crippen LogP contribution in [0.15, 0.2) is 17.3 Å². The molecule has 0 heterocycles. The monoisotopic (exact) mass is 234 g/mol. The number of nitrogens with one attached hydrogen (secondary N) is 1. The van der Waals surface area contributed by atoms with Crippen LogP contribution in [0, 0.1) is 11.8 Å². The zero-order valence-electron chi connectivity index (χ0n) is 10.6. The number of unbranched alkanes of at least 4 members (excludes halogenated alkanes) is 3. The molecule has 2 rings (SSSR count). The maximum Gasteiger partial charge on any atom is 0.240 e. The Morgan fingerprint density at radius 2 is 2.35 bits per heavy atom. The first kappa shape index (κ1) is 12.3. The molecule has 0 aromatic heterocycles. The van der Waals surface area contributed by atoms with E-state index in [-0.39, 0.29) is 5.91 Å². The van der Waals surface area contributed by atoms with E-state index in [9.17, 15) is 4.79 Å². The Labute approximate surface area is 103 Å². The molecule has 2 unspecified atom stereocenters. The summed E-state index contributed by atoms with van der Waals surface area (Å²) in [5.41, 5.74) is 3.88. The van der Waals surface area contributed by atoms with Crippen LogP contribution in [0.2, 0.25) is 0 Å². The molecule has 94 valence electrons. The van der Waals surface area contributed by atoms with Gasteiger partial charge in [0, 0.05) is 18.1 Å². The summed E-state index contributed by atoms with van der Waals surface area (Å²) in [4.78, 5) is 11.5. The van der Waals surface area contributed by atoms with Gasteiger partial charge >= 0.3 is 0 Å². The Balaban J connectivity index is 1.61. The number of nitrogens with zero attached hydrogens (tertiary/aromatic N) is 1. The Morgan fingerprint density at radius 1 is 1.47 bits per heavy atom. The maximum atomic E-state index is 11.5. The molecule has 0 aromatic rings. The molecule has 2 aliphatic carbocycles. The molecule has 0 aliphatic heterocycles. The molecule has 17 heavy (non-hydrogen) atoms. The third-order valence-electron chi connectivity index (χ3n) is 3.74. The molecule has 0 spiro atoms. The van der Waals surface area contributed by atoms with E-state index >= 15 is 0 Å². The summed E-state index contributed by atoms with van der Waals surface area (Å²) in [5, 5.41) is 4.25. The smallest absolute Gasteiger partial charge is 0.240 e. The van der Waals surface area contributed by atoms with Crippen LogP contribution in [0.5, 0.6) is 0 Å². The van der Waals surface area contributed by atoms with Crippen LogP contribution in [-0.2, 0) is 4.79 Å². The molecule has 0 aromatic carbocycles. The summed E-state index contributed by atoms with van der Waals surface area (Å²) in [6, 6.07) is 0. The topological polar surface area (TPSA) is 41.5 Å². The number of hydrogen-bond donors (Lipinski definition) is 1. The predicted octanol–water partition coefficient (Wildman–Crippen LogP) is 3.03. The number of carbonyl (C=O) groups excluding carboxylic acids is 1. The zero-order chi connectivity index (χ0) is 12.1. The molecular formula is C14H22N2O. The number of carbonyl (C=O) groups is 1. The fourth-order valence-electron chi connectivity index (χ4n) is 2.57. The minimum Gasteiger partial charge on any atom is -0.273 e. The first-order valence-corrected chi connectivity index (χ1v) is 6.83. The Morgan fingerprint density at radius 3 is 3.12 bits per heavy atom. The molecule has 1 N–H and O–H groups in total. The quantitative estimate of drug-likeness (QED) is 0.428. The molecule has 1 amide bonds. The van der Waals surface area contributed by atoms with Gasteiger partial charge in [-0.15, -0.1) is 0 Å². The van der Waals surface area contributed by atoms with Crippen LogP contribution in [0.1, 0.15) is 51.9 Å². The van der Waals surface area contributed by atoms with Gasteiger partial charge in [-0.1, -0.05) is 38.3 Å². The van der Waals surface area contributed by atoms with Crippen molar-refractivity contribution in [2.75, 3.05) is 0 Å². The predicted molar refractivity (Wildman–Crippen MR) is 69.7 cm³/mol. The van der Waals surface area contributed by atoms with Gasteiger partial charge < -0.3 is 0 Å². The van der Waals surface area contributed by atoms with Crippen LogP contribution in [0.25, 0.3) is 0 Å². The first-order chi connectivity index (χ1) is 8.31. The highest BCUT2D eigenvalue weighted by atomic mass is 16.2. The van der Waals surface area contributed by atoms with Gasteiger partial charge in [0.25, 0.3) is 0 Å². The van der Waals surface area contributed by atoms with Crippen molar-refractivity contribution in [1.82, 2.24) is 5.43 Å². The van der Waals surface area contributed by atoms with Crippen molar-refractivity contribution in [2.24, 2.45) is 16.9 Å². The van der Waals surface area contributed by atoms with Crippen LogP contribution < -0.4 is 5.43 Å². The molecule has 3 nitrogen and oxygen atoms in total. The van der Waals surface area contributed by atoms with Crippen molar-refractivity contribution < 1.29 is 4.79 Å². The van der Waals surface area contributed by atoms with Crippen molar-refractivity contribution >= 4 is 11.6 Å². The first-order valence-electron chi connectivity index (χ1n) is 6.83. The van der Waals surface area contributed by atoms with Gasteiger partial charge in [-0.3, -0.25) is 4.79 Å². The third-order valence-corrected chi connectivity index (χ3v) is 3.74. The largest absolute Gasteiger partial charge is 0.273 e. The summed E-state index contributed by atoms with van der Waals surface area (Å²) in [6.45, 7) is 2.18. The maximum absolute atomic E-state index is 11.5. The second-order valence-electron chi connectivity index (χ2n) is 5.09. The molecular weight excluding hydrogens is 212 g/mol. The SMILES string of the molecule is CCCCCCC(=O)N/N=C1/CC2C=CCC12. The van der Waals surface area contributed by atoms with Crippen molar-refractivity contribution in [3.63, 3.8) is 0 Å². The summed E-state index contributed by atoms with van der Waals surface area (Å²) in [7, 11) is 0. The number of fused-ring (bicyclic) bond motifs is 1. The molecule has 0 saturated heterocycles. The molecule has 1 fully saturated rings. The number of hydrogen-bond acceptors (Lipinski definition) is 2. The van der Waals surface area contributed by atoms with Crippen molar-refractivity contribution in [1.29, 1.82) is 0 Å². The van der Waals surface area contributed by atoms with Crippen LogP contribution in [0.4, 0.5) is 0 Å². The van der Waals surface area contributed by atoms with E-state index in [1.54, 1.807) is 0 Å². The summed E-state index contributed by atoms with van der Waals surface area (Å²) in [5.74, 6) is 1.37. The van der Waals surface area contributed by atoms with Gasteiger partial charge in [-0.25, -0.2) is 5.43 Å². The highest BCUT2D eigenvalue weighted by molar-refractivity contribution is 5.94.